The van der Waals surface area contributed by atoms with E-state index in [0.717, 1.165) is 24.8 Å². The van der Waals surface area contributed by atoms with Crippen molar-refractivity contribution < 1.29 is 49.1 Å². The number of ketones is 2. The van der Waals surface area contributed by atoms with Crippen LogP contribution in [0.2, 0.25) is 0 Å². The van der Waals surface area contributed by atoms with Gasteiger partial charge in [-0.2, -0.15) is 0 Å². The van der Waals surface area contributed by atoms with Crippen molar-refractivity contribution in [3.63, 3.8) is 0 Å². The molecule has 0 aromatic rings. The van der Waals surface area contributed by atoms with Crippen molar-refractivity contribution in [2.45, 2.75) is 188 Å². The molecule has 0 radical (unpaired) electrons. The average Bonchev–Trinajstić information content (AvgIpc) is 3.70. The summed E-state index contributed by atoms with van der Waals surface area (Å²) in [7, 11) is 1.39. The minimum absolute atomic E-state index is 0.0564. The van der Waals surface area contributed by atoms with Crippen molar-refractivity contribution in [1.82, 2.24) is 4.90 Å². The average molecular weight is 856 g/mol. The SMILES string of the molecule is CO[C@H]1C(=O)[C@H](C)C[C@H](C)/C=C/C=C/C=C(\C)[C@@H](O)C[C@@H](C)CC[C@@H](C)[C@](C)(O)CC(=O)N2CCCC2C(=O)O[C@H]([C@H](C)CC2CCC(O)CC2)CC(=O)[C@H](C)/C=C(\C)[C@H]1O. The smallest absolute Gasteiger partial charge is 0.329 e. The number of ether oxygens (including phenoxy) is 2. The van der Waals surface area contributed by atoms with Gasteiger partial charge in [0.2, 0.25) is 5.91 Å². The Morgan fingerprint density at radius 3 is 2.21 bits per heavy atom. The summed E-state index contributed by atoms with van der Waals surface area (Å²) in [5.41, 5.74) is -0.0581. The normalized spacial score (nSPS) is 40.3. The first kappa shape index (κ1) is 52.4. The van der Waals surface area contributed by atoms with Gasteiger partial charge in [-0.15, -0.1) is 0 Å². The number of nitrogens with zero attached hydrogens (tertiary/aromatic N) is 1. The van der Waals surface area contributed by atoms with Gasteiger partial charge in [-0.25, -0.2) is 4.79 Å². The largest absolute Gasteiger partial charge is 0.460 e. The highest BCUT2D eigenvalue weighted by Crippen LogP contribution is 2.34. The summed E-state index contributed by atoms with van der Waals surface area (Å²) in [5, 5.41) is 44.0. The van der Waals surface area contributed by atoms with Crippen LogP contribution in [0.3, 0.4) is 0 Å². The van der Waals surface area contributed by atoms with E-state index in [-0.39, 0.29) is 60.1 Å². The maximum atomic E-state index is 14.1. The zero-order valence-electron chi connectivity index (χ0n) is 39.1. The number of aliphatic hydroxyl groups excluding tert-OH is 3. The number of rotatable bonds is 4. The van der Waals surface area contributed by atoms with Crippen LogP contribution in [0, 0.1) is 41.4 Å². The maximum Gasteiger partial charge on any atom is 0.329 e. The number of methoxy groups -OCH3 is 1. The fourth-order valence-corrected chi connectivity index (χ4v) is 9.35. The van der Waals surface area contributed by atoms with Crippen LogP contribution in [-0.2, 0) is 28.7 Å². The standard InChI is InChI=1S/C50H81NO10/c1-31-15-12-11-13-16-33(3)42(53)26-32(2)18-19-38(8)50(9,59)30-45(55)51-24-14-17-41(51)49(58)61-44(35(5)28-39-20-22-40(52)23-21-39)29-43(54)34(4)27-37(7)47(57)48(60-10)46(56)36(6)25-31/h11-13,15-16,27,31-32,34-36,38-42,44,47-48,52-53,57,59H,14,17-26,28-30H2,1-10H3/b13-11+,15-12+,33-16+,37-27+/t31-,32+,34-,35-,36-,38-,39?,40?,41?,42+,44+,47-,48+,50-/m1/s1. The Morgan fingerprint density at radius 1 is 0.885 bits per heavy atom. The fraction of sp³-hybridized carbons (Fsp3) is 0.760. The third-order valence-electron chi connectivity index (χ3n) is 14.0. The summed E-state index contributed by atoms with van der Waals surface area (Å²) in [4.78, 5) is 57.0. The van der Waals surface area contributed by atoms with Crippen LogP contribution in [-0.4, -0.2) is 105 Å². The van der Waals surface area contributed by atoms with E-state index in [4.69, 9.17) is 9.47 Å². The van der Waals surface area contributed by atoms with Gasteiger partial charge in [0.15, 0.2) is 5.78 Å². The first-order valence-corrected chi connectivity index (χ1v) is 23.2. The number of carbonyl (C=O) groups is 4. The number of Topliss-reactive ketones (excluding diaryl/α,β-unsaturated/α-hetero) is 2. The molecule has 3 rings (SSSR count). The third kappa shape index (κ3) is 16.3. The third-order valence-corrected chi connectivity index (χ3v) is 14.0. The molecule has 11 heteroatoms. The molecule has 1 unspecified atom stereocenters. The number of amides is 1. The molecule has 0 aromatic heterocycles. The molecule has 1 saturated heterocycles. The molecule has 61 heavy (non-hydrogen) atoms. The summed E-state index contributed by atoms with van der Waals surface area (Å²) in [6, 6.07) is -0.829. The van der Waals surface area contributed by atoms with Crippen LogP contribution in [0.1, 0.15) is 146 Å². The van der Waals surface area contributed by atoms with Crippen LogP contribution >= 0.6 is 0 Å². The Labute approximate surface area is 367 Å². The number of aliphatic hydroxyl groups is 4. The Hall–Kier alpha value is -2.96. The van der Waals surface area contributed by atoms with E-state index in [2.05, 4.69) is 6.92 Å². The lowest BCUT2D eigenvalue weighted by Crippen LogP contribution is -2.47. The van der Waals surface area contributed by atoms with Crippen LogP contribution in [0.15, 0.2) is 47.6 Å². The number of carbonyl (C=O) groups excluding carboxylic acids is 4. The van der Waals surface area contributed by atoms with Gasteiger partial charge in [-0.3, -0.25) is 14.4 Å². The zero-order valence-corrected chi connectivity index (χ0v) is 39.1. The highest BCUT2D eigenvalue weighted by Gasteiger charge is 2.41. The van der Waals surface area contributed by atoms with Gasteiger partial charge < -0.3 is 34.8 Å². The van der Waals surface area contributed by atoms with Gasteiger partial charge in [0, 0.05) is 31.9 Å². The Bertz CT molecular complexity index is 1560. The van der Waals surface area contributed by atoms with Gasteiger partial charge >= 0.3 is 5.97 Å². The second-order valence-electron chi connectivity index (χ2n) is 19.6. The molecule has 4 N–H and O–H groups in total. The molecular formula is C50H81NO10. The maximum absolute atomic E-state index is 14.1. The quantitative estimate of drug-likeness (QED) is 0.163. The van der Waals surface area contributed by atoms with Crippen LogP contribution < -0.4 is 0 Å². The summed E-state index contributed by atoms with van der Waals surface area (Å²) < 4.78 is 11.8. The summed E-state index contributed by atoms with van der Waals surface area (Å²) in [6.45, 7) is 17.2. The molecular weight excluding hydrogens is 775 g/mol. The van der Waals surface area contributed by atoms with E-state index in [0.29, 0.717) is 69.4 Å². The molecule has 3 aliphatic rings. The van der Waals surface area contributed by atoms with E-state index in [1.807, 2.05) is 65.0 Å². The summed E-state index contributed by atoms with van der Waals surface area (Å²) >= 11 is 0. The molecule has 1 aliphatic carbocycles. The van der Waals surface area contributed by atoms with Crippen molar-refractivity contribution in [2.75, 3.05) is 13.7 Å². The number of esters is 1. The van der Waals surface area contributed by atoms with Crippen LogP contribution in [0.5, 0.6) is 0 Å². The number of hydrogen-bond donors (Lipinski definition) is 4. The molecule has 2 heterocycles. The second kappa shape index (κ2) is 24.8. The predicted octanol–water partition coefficient (Wildman–Crippen LogP) is 7.63. The summed E-state index contributed by atoms with van der Waals surface area (Å²) in [6.07, 6.45) is 14.3. The van der Waals surface area contributed by atoms with Crippen molar-refractivity contribution >= 4 is 23.4 Å². The first-order chi connectivity index (χ1) is 28.6. The van der Waals surface area contributed by atoms with Crippen LogP contribution in [0.25, 0.3) is 0 Å². The van der Waals surface area contributed by atoms with Crippen molar-refractivity contribution in [2.24, 2.45) is 41.4 Å². The van der Waals surface area contributed by atoms with E-state index >= 15 is 0 Å². The Kier molecular flexibility index (Phi) is 21.3. The minimum atomic E-state index is -1.32. The van der Waals surface area contributed by atoms with Crippen molar-refractivity contribution in [3.8, 4) is 0 Å². The highest BCUT2D eigenvalue weighted by molar-refractivity contribution is 5.87. The van der Waals surface area contributed by atoms with Gasteiger partial charge in [0.25, 0.3) is 0 Å². The highest BCUT2D eigenvalue weighted by atomic mass is 16.5. The molecule has 2 fully saturated rings. The first-order valence-electron chi connectivity index (χ1n) is 23.2. The lowest BCUT2D eigenvalue weighted by atomic mass is 9.79. The number of hydrogen-bond acceptors (Lipinski definition) is 10. The van der Waals surface area contributed by atoms with Crippen molar-refractivity contribution in [3.05, 3.63) is 47.6 Å². The predicted molar refractivity (Wildman–Crippen MR) is 239 cm³/mol. The second-order valence-corrected chi connectivity index (χ2v) is 19.6. The monoisotopic (exact) mass is 856 g/mol. The van der Waals surface area contributed by atoms with Gasteiger partial charge in [0.1, 0.15) is 30.1 Å². The molecule has 1 saturated carbocycles. The minimum Gasteiger partial charge on any atom is -0.460 e. The van der Waals surface area contributed by atoms with Gasteiger partial charge in [-0.1, -0.05) is 84.4 Å². The van der Waals surface area contributed by atoms with E-state index in [1.165, 1.54) is 12.0 Å². The van der Waals surface area contributed by atoms with Gasteiger partial charge in [-0.05, 0) is 126 Å². The van der Waals surface area contributed by atoms with E-state index in [9.17, 15) is 39.6 Å². The zero-order chi connectivity index (χ0) is 45.6. The molecule has 346 valence electrons. The molecule has 0 aromatic carbocycles. The molecule has 2 aliphatic heterocycles. The molecule has 0 spiro atoms. The molecule has 11 nitrogen and oxygen atoms in total. The topological polar surface area (TPSA) is 171 Å². The fourth-order valence-electron chi connectivity index (χ4n) is 9.35. The molecule has 12 atom stereocenters. The van der Waals surface area contributed by atoms with Crippen LogP contribution in [0.4, 0.5) is 0 Å². The Balaban J connectivity index is 1.92. The number of cyclic esters (lactones) is 1. The Morgan fingerprint density at radius 2 is 1.56 bits per heavy atom. The summed E-state index contributed by atoms with van der Waals surface area (Å²) in [5.74, 6) is -2.24. The molecule has 0 bridgehead atoms. The number of fused-ring (bicyclic) bond motifs is 1. The van der Waals surface area contributed by atoms with Gasteiger partial charge in [0.05, 0.1) is 24.2 Å². The lowest BCUT2D eigenvalue weighted by Gasteiger charge is -2.34. The van der Waals surface area contributed by atoms with E-state index in [1.54, 1.807) is 26.8 Å². The van der Waals surface area contributed by atoms with Crippen molar-refractivity contribution in [1.29, 1.82) is 0 Å². The molecule has 1 amide bonds. The number of allylic oxidation sites excluding steroid dienone is 6. The van der Waals surface area contributed by atoms with E-state index < -0.39 is 53.9 Å². The lowest BCUT2D eigenvalue weighted by molar-refractivity contribution is -0.163.